The lowest BCUT2D eigenvalue weighted by molar-refractivity contribution is -0.132. The van der Waals surface area contributed by atoms with E-state index in [2.05, 4.69) is 62.0 Å². The number of halogens is 1. The normalized spacial score (nSPS) is 21.8. The first-order chi connectivity index (χ1) is 25.3. The zero-order chi connectivity index (χ0) is 36.2. The summed E-state index contributed by atoms with van der Waals surface area (Å²) in [6.07, 6.45) is 7.97. The molecule has 0 radical (unpaired) electrons. The first-order valence-electron chi connectivity index (χ1n) is 17.8. The van der Waals surface area contributed by atoms with Crippen LogP contribution in [0.1, 0.15) is 67.2 Å². The number of hydrogen-bond acceptors (Lipinski definition) is 10. The zero-order valence-corrected chi connectivity index (χ0v) is 29.8. The van der Waals surface area contributed by atoms with Gasteiger partial charge in [0.15, 0.2) is 17.0 Å². The van der Waals surface area contributed by atoms with E-state index < -0.39 is 23.7 Å². The lowest BCUT2D eigenvalue weighted by atomic mass is 9.98. The maximum Gasteiger partial charge on any atom is 0.229 e. The van der Waals surface area contributed by atoms with Crippen LogP contribution in [0.3, 0.4) is 0 Å². The van der Waals surface area contributed by atoms with Crippen molar-refractivity contribution in [2.45, 2.75) is 76.2 Å². The molecule has 5 aromatic rings. The van der Waals surface area contributed by atoms with Crippen LogP contribution in [0.15, 0.2) is 61.1 Å². The Bertz CT molecular complexity index is 2110. The van der Waals surface area contributed by atoms with E-state index in [1.54, 1.807) is 17.9 Å². The van der Waals surface area contributed by atoms with Crippen molar-refractivity contribution >= 4 is 34.5 Å². The molecule has 1 amide bonds. The maximum atomic E-state index is 12.8. The number of amides is 1. The van der Waals surface area contributed by atoms with Crippen LogP contribution in [0.5, 0.6) is 0 Å². The number of anilines is 1. The molecule has 3 heterocycles. The van der Waals surface area contributed by atoms with E-state index in [0.29, 0.717) is 47.2 Å². The number of benzene rings is 2. The van der Waals surface area contributed by atoms with Crippen molar-refractivity contribution in [1.29, 1.82) is 0 Å². The van der Waals surface area contributed by atoms with Crippen LogP contribution in [0.2, 0.25) is 5.02 Å². The predicted molar refractivity (Wildman–Crippen MR) is 198 cm³/mol. The van der Waals surface area contributed by atoms with Crippen LogP contribution >= 0.6 is 11.6 Å². The summed E-state index contributed by atoms with van der Waals surface area (Å²) in [6, 6.07) is 15.3. The number of aliphatic hydroxyl groups is 2. The number of carbonyl (C=O) groups is 1. The summed E-state index contributed by atoms with van der Waals surface area (Å²) in [7, 11) is 1.54. The Kier molecular flexibility index (Phi) is 10.5. The average molecular weight is 723 g/mol. The molecule has 0 bridgehead atoms. The second kappa shape index (κ2) is 15.4. The van der Waals surface area contributed by atoms with Gasteiger partial charge in [-0.2, -0.15) is 0 Å². The van der Waals surface area contributed by atoms with E-state index in [1.165, 1.54) is 5.56 Å². The summed E-state index contributed by atoms with van der Waals surface area (Å²) < 4.78 is 3.57. The fraction of sp³-hybridized carbons (Fsp3) is 0.421. The quantitative estimate of drug-likeness (QED) is 0.0837. The van der Waals surface area contributed by atoms with Gasteiger partial charge in [-0.05, 0) is 92.8 Å². The lowest BCUT2D eigenvalue weighted by Crippen LogP contribution is -2.41. The molecule has 13 nitrogen and oxygen atoms in total. The molecule has 0 saturated heterocycles. The summed E-state index contributed by atoms with van der Waals surface area (Å²) in [4.78, 5) is 26.9. The van der Waals surface area contributed by atoms with Crippen molar-refractivity contribution in [3.63, 3.8) is 0 Å². The molecule has 52 heavy (non-hydrogen) atoms. The highest BCUT2D eigenvalue weighted by atomic mass is 35.5. The van der Waals surface area contributed by atoms with E-state index in [0.717, 1.165) is 62.0 Å². The lowest BCUT2D eigenvalue weighted by Gasteiger charge is -2.23. The molecule has 270 valence electrons. The molecule has 2 aromatic carbocycles. The molecule has 2 aliphatic rings. The SMILES string of the molecule is CNC(=O)[C@]12CC1[C@@H](n1cnc3c(NCc4cccc(Cl)c4)nc(C#CCCCCc4cn(-c5ccc(CCCCN)cc5)nn4)nc31)[C@H](O)[C@@H]2O. The molecule has 0 aliphatic heterocycles. The summed E-state index contributed by atoms with van der Waals surface area (Å²) in [5, 5.41) is 37.4. The number of fused-ring (bicyclic) bond motifs is 2. The van der Waals surface area contributed by atoms with Crippen LogP contribution < -0.4 is 16.4 Å². The maximum absolute atomic E-state index is 12.8. The second-order valence-electron chi connectivity index (χ2n) is 13.6. The minimum absolute atomic E-state index is 0.263. The van der Waals surface area contributed by atoms with E-state index >= 15 is 0 Å². The number of aryl methyl sites for hydroxylation is 2. The van der Waals surface area contributed by atoms with Gasteiger partial charge in [-0.3, -0.25) is 4.79 Å². The van der Waals surface area contributed by atoms with Gasteiger partial charge in [0.1, 0.15) is 6.10 Å². The Hall–Kier alpha value is -4.87. The van der Waals surface area contributed by atoms with E-state index in [-0.39, 0.29) is 11.8 Å². The minimum Gasteiger partial charge on any atom is -0.389 e. The number of aromatic nitrogens is 7. The summed E-state index contributed by atoms with van der Waals surface area (Å²) in [6.45, 7) is 1.16. The van der Waals surface area contributed by atoms with Gasteiger partial charge in [-0.15, -0.1) is 5.10 Å². The minimum atomic E-state index is -1.20. The number of nitrogens with zero attached hydrogens (tertiary/aromatic N) is 7. The van der Waals surface area contributed by atoms with Crippen molar-refractivity contribution in [3.05, 3.63) is 88.7 Å². The van der Waals surface area contributed by atoms with E-state index in [9.17, 15) is 15.0 Å². The smallest absolute Gasteiger partial charge is 0.229 e. The summed E-state index contributed by atoms with van der Waals surface area (Å²) in [5.41, 5.74) is 9.71. The molecule has 5 atom stereocenters. The van der Waals surface area contributed by atoms with Crippen LogP contribution in [-0.4, -0.2) is 76.4 Å². The fourth-order valence-electron chi connectivity index (χ4n) is 7.42. The number of rotatable bonds is 14. The van der Waals surface area contributed by atoms with Crippen molar-refractivity contribution in [1.82, 2.24) is 39.8 Å². The first kappa shape index (κ1) is 35.5. The number of unbranched alkanes of at least 4 members (excludes halogenated alkanes) is 3. The number of imidazole rings is 1. The molecule has 6 N–H and O–H groups in total. The van der Waals surface area contributed by atoms with E-state index in [1.807, 2.05) is 35.1 Å². The van der Waals surface area contributed by atoms with Gasteiger partial charge in [0.25, 0.3) is 0 Å². The molecule has 2 saturated carbocycles. The van der Waals surface area contributed by atoms with Gasteiger partial charge in [0.05, 0.1) is 41.5 Å². The number of carbonyl (C=O) groups excluding carboxylic acids is 1. The number of nitrogens with one attached hydrogen (secondary N) is 2. The molecule has 14 heteroatoms. The molecular weight excluding hydrogens is 680 g/mol. The summed E-state index contributed by atoms with van der Waals surface area (Å²) in [5.74, 6) is 6.59. The Balaban J connectivity index is 1.03. The number of nitrogens with two attached hydrogens (primary N) is 1. The highest BCUT2D eigenvalue weighted by Crippen LogP contribution is 2.67. The van der Waals surface area contributed by atoms with Crippen LogP contribution in [0.25, 0.3) is 16.9 Å². The van der Waals surface area contributed by atoms with Crippen molar-refractivity contribution in [2.75, 3.05) is 18.9 Å². The number of aliphatic hydroxyl groups excluding tert-OH is 2. The van der Waals surface area contributed by atoms with Crippen LogP contribution in [0, 0.1) is 23.2 Å². The predicted octanol–water partition coefficient (Wildman–Crippen LogP) is 3.75. The molecule has 2 aliphatic carbocycles. The Morgan fingerprint density at radius 2 is 1.90 bits per heavy atom. The van der Waals surface area contributed by atoms with Crippen molar-refractivity contribution in [3.8, 4) is 17.5 Å². The zero-order valence-electron chi connectivity index (χ0n) is 29.0. The highest BCUT2D eigenvalue weighted by molar-refractivity contribution is 6.30. The second-order valence-corrected chi connectivity index (χ2v) is 14.1. The molecular formula is C38H43ClN10O3. The molecule has 3 aromatic heterocycles. The molecule has 1 unspecified atom stereocenters. The Morgan fingerprint density at radius 3 is 2.69 bits per heavy atom. The van der Waals surface area contributed by atoms with Gasteiger partial charge in [0, 0.05) is 31.0 Å². The third kappa shape index (κ3) is 7.12. The van der Waals surface area contributed by atoms with Crippen molar-refractivity contribution < 1.29 is 15.0 Å². The van der Waals surface area contributed by atoms with E-state index in [4.69, 9.17) is 27.3 Å². The first-order valence-corrected chi connectivity index (χ1v) is 18.2. The molecule has 2 fully saturated rings. The molecule has 7 rings (SSSR count). The average Bonchev–Trinajstić information content (AvgIpc) is 3.38. The van der Waals surface area contributed by atoms with Gasteiger partial charge in [-0.1, -0.05) is 47.0 Å². The Labute approximate surface area is 307 Å². The number of hydrogen-bond donors (Lipinski definition) is 5. The largest absolute Gasteiger partial charge is 0.389 e. The van der Waals surface area contributed by atoms with Gasteiger partial charge < -0.3 is 31.1 Å². The van der Waals surface area contributed by atoms with Gasteiger partial charge in [0.2, 0.25) is 11.7 Å². The monoisotopic (exact) mass is 722 g/mol. The third-order valence-electron chi connectivity index (χ3n) is 10.3. The Morgan fingerprint density at radius 1 is 1.08 bits per heavy atom. The molecule has 0 spiro atoms. The van der Waals surface area contributed by atoms with Gasteiger partial charge in [-0.25, -0.2) is 19.6 Å². The van der Waals surface area contributed by atoms with Gasteiger partial charge >= 0.3 is 0 Å². The topological polar surface area (TPSA) is 182 Å². The highest BCUT2D eigenvalue weighted by Gasteiger charge is 2.75. The third-order valence-corrected chi connectivity index (χ3v) is 10.5. The van der Waals surface area contributed by atoms with Crippen LogP contribution in [-0.2, 0) is 24.2 Å². The standard InChI is InChI=1S/C38H43ClN10O3/c1-41-37(52)38-20-29(38)32(33(50)34(38)51)48-23-43-31-35(42-21-25-10-8-11-26(39)19-25)44-30(45-36(31)48)13-5-3-2-4-12-27-22-49(47-46-27)28-16-14-24(15-17-28)9-6-7-18-40/h8,10-11,14-17,19,22-23,29,32-34,50-51H,2-4,6-7,9,12,18,20-21,40H2,1H3,(H,41,52)(H,42,44,45)/t29?,32-,33+,34+,38-/m1/s1. The van der Waals surface area contributed by atoms with Crippen molar-refractivity contribution in [2.24, 2.45) is 17.1 Å². The van der Waals surface area contributed by atoms with Crippen LogP contribution in [0.4, 0.5) is 5.82 Å². The fourth-order valence-corrected chi connectivity index (χ4v) is 7.64. The summed E-state index contributed by atoms with van der Waals surface area (Å²) >= 11 is 6.22.